The summed E-state index contributed by atoms with van der Waals surface area (Å²) in [6.07, 6.45) is 0.764. The van der Waals surface area contributed by atoms with Gasteiger partial charge in [0.2, 0.25) is 0 Å². The zero-order valence-corrected chi connectivity index (χ0v) is 17.8. The predicted molar refractivity (Wildman–Crippen MR) is 113 cm³/mol. The Labute approximate surface area is 178 Å². The van der Waals surface area contributed by atoms with Crippen LogP contribution in [-0.4, -0.2) is 35.3 Å². The van der Waals surface area contributed by atoms with E-state index >= 15 is 0 Å². The van der Waals surface area contributed by atoms with Gasteiger partial charge >= 0.3 is 5.97 Å². The number of carbonyl (C=O) groups excluding carboxylic acids is 1. The Morgan fingerprint density at radius 1 is 1.13 bits per heavy atom. The Balaban J connectivity index is 1.90. The number of thioether (sulfide) groups is 1. The molecule has 0 saturated heterocycles. The Bertz CT molecular complexity index is 1000. The van der Waals surface area contributed by atoms with E-state index in [2.05, 4.69) is 4.98 Å². The van der Waals surface area contributed by atoms with Crippen LogP contribution in [0.15, 0.2) is 41.6 Å². The molecule has 0 saturated carbocycles. The van der Waals surface area contributed by atoms with E-state index in [9.17, 15) is 13.6 Å². The highest BCUT2D eigenvalue weighted by molar-refractivity contribution is 7.98. The van der Waals surface area contributed by atoms with Crippen molar-refractivity contribution in [2.45, 2.75) is 37.7 Å². The van der Waals surface area contributed by atoms with E-state index in [-0.39, 0.29) is 17.9 Å². The third kappa shape index (κ3) is 5.17. The summed E-state index contributed by atoms with van der Waals surface area (Å²) in [5.74, 6) is -1.46. The summed E-state index contributed by atoms with van der Waals surface area (Å²) in [5, 5.41) is 0.630. The van der Waals surface area contributed by atoms with Gasteiger partial charge in [-0.3, -0.25) is 0 Å². The quantitative estimate of drug-likeness (QED) is 0.249. The molecule has 0 atom stereocenters. The minimum Gasteiger partial charge on any atom is -0.462 e. The first-order valence-electron chi connectivity index (χ1n) is 9.86. The average molecular weight is 435 g/mol. The van der Waals surface area contributed by atoms with Crippen molar-refractivity contribution in [2.24, 2.45) is 0 Å². The van der Waals surface area contributed by atoms with Gasteiger partial charge in [-0.1, -0.05) is 17.8 Å². The molecule has 0 aliphatic heterocycles. The van der Waals surface area contributed by atoms with Crippen molar-refractivity contribution in [1.29, 1.82) is 0 Å². The van der Waals surface area contributed by atoms with Crippen LogP contribution < -0.4 is 0 Å². The van der Waals surface area contributed by atoms with Gasteiger partial charge in [-0.15, -0.1) is 0 Å². The zero-order valence-electron chi connectivity index (χ0n) is 17.0. The molecular weight excluding hydrogens is 410 g/mol. The van der Waals surface area contributed by atoms with Crippen LogP contribution in [0, 0.1) is 11.6 Å². The first kappa shape index (κ1) is 22.2. The molecule has 0 aliphatic carbocycles. The second-order valence-corrected chi connectivity index (χ2v) is 7.45. The van der Waals surface area contributed by atoms with Crippen LogP contribution in [0.25, 0.3) is 11.0 Å². The summed E-state index contributed by atoms with van der Waals surface area (Å²) in [6.45, 7) is 5.86. The van der Waals surface area contributed by atoms with E-state index < -0.39 is 17.6 Å². The molecule has 0 N–H and O–H groups in total. The number of aryl methyl sites for hydroxylation is 1. The topological polar surface area (TPSA) is 53.4 Å². The largest absolute Gasteiger partial charge is 0.462 e. The Morgan fingerprint density at radius 2 is 1.90 bits per heavy atom. The highest BCUT2D eigenvalue weighted by Crippen LogP contribution is 2.29. The number of rotatable bonds is 10. The monoisotopic (exact) mass is 434 g/mol. The van der Waals surface area contributed by atoms with Crippen molar-refractivity contribution in [3.05, 3.63) is 59.2 Å². The molecule has 0 bridgehead atoms. The van der Waals surface area contributed by atoms with Crippen LogP contribution >= 0.6 is 11.8 Å². The molecule has 0 aliphatic rings. The maximum atomic E-state index is 14.0. The summed E-state index contributed by atoms with van der Waals surface area (Å²) in [5.41, 5.74) is 1.91. The lowest BCUT2D eigenvalue weighted by atomic mass is 10.2. The van der Waals surface area contributed by atoms with Gasteiger partial charge in [0.1, 0.15) is 11.6 Å². The van der Waals surface area contributed by atoms with Crippen LogP contribution in [0.5, 0.6) is 0 Å². The van der Waals surface area contributed by atoms with Crippen LogP contribution in [0.3, 0.4) is 0 Å². The maximum Gasteiger partial charge on any atom is 0.338 e. The number of benzene rings is 2. The predicted octanol–water partition coefficient (Wildman–Crippen LogP) is 5.21. The third-order valence-corrected chi connectivity index (χ3v) is 5.51. The van der Waals surface area contributed by atoms with Crippen molar-refractivity contribution in [1.82, 2.24) is 9.55 Å². The highest BCUT2D eigenvalue weighted by atomic mass is 32.2. The van der Waals surface area contributed by atoms with Gasteiger partial charge < -0.3 is 14.0 Å². The standard InChI is InChI=1S/C22H24F2N2O3S/c1-3-28-12-6-11-26-20-10-9-15(21(27)29-4-2)13-19(20)25-22(26)30-14-16-17(23)7-5-8-18(16)24/h5,7-10,13H,3-4,6,11-12,14H2,1-2H3. The van der Waals surface area contributed by atoms with Gasteiger partial charge in [-0.25, -0.2) is 18.6 Å². The number of aromatic nitrogens is 2. The van der Waals surface area contributed by atoms with Crippen molar-refractivity contribution in [3.63, 3.8) is 0 Å². The fourth-order valence-electron chi connectivity index (χ4n) is 3.05. The first-order valence-corrected chi connectivity index (χ1v) is 10.8. The van der Waals surface area contributed by atoms with Crippen LogP contribution in [0.4, 0.5) is 8.78 Å². The minimum absolute atomic E-state index is 0.0163. The van der Waals surface area contributed by atoms with Gasteiger partial charge in [0.25, 0.3) is 0 Å². The number of esters is 1. The number of fused-ring (bicyclic) bond motifs is 1. The second-order valence-electron chi connectivity index (χ2n) is 6.51. The maximum absolute atomic E-state index is 14.0. The van der Waals surface area contributed by atoms with Gasteiger partial charge in [-0.2, -0.15) is 0 Å². The summed E-state index contributed by atoms with van der Waals surface area (Å²) >= 11 is 1.26. The van der Waals surface area contributed by atoms with E-state index in [1.165, 1.54) is 30.0 Å². The lowest BCUT2D eigenvalue weighted by molar-refractivity contribution is 0.0526. The number of nitrogens with zero attached hydrogens (tertiary/aromatic N) is 2. The molecule has 3 rings (SSSR count). The highest BCUT2D eigenvalue weighted by Gasteiger charge is 2.16. The molecule has 30 heavy (non-hydrogen) atoms. The van der Waals surface area contributed by atoms with Crippen molar-refractivity contribution in [2.75, 3.05) is 19.8 Å². The number of ether oxygens (including phenoxy) is 2. The van der Waals surface area contributed by atoms with Crippen molar-refractivity contribution < 1.29 is 23.0 Å². The van der Waals surface area contributed by atoms with Gasteiger partial charge in [-0.05, 0) is 50.6 Å². The molecule has 2 aromatic carbocycles. The number of hydrogen-bond donors (Lipinski definition) is 0. The molecule has 8 heteroatoms. The van der Waals surface area contributed by atoms with Crippen LogP contribution in [0.1, 0.15) is 36.2 Å². The summed E-state index contributed by atoms with van der Waals surface area (Å²) in [4.78, 5) is 16.7. The van der Waals surface area contributed by atoms with Crippen LogP contribution in [0.2, 0.25) is 0 Å². The number of halogens is 2. The Hall–Kier alpha value is -2.45. The Morgan fingerprint density at radius 3 is 2.60 bits per heavy atom. The molecule has 0 fully saturated rings. The third-order valence-electron chi connectivity index (χ3n) is 4.51. The lowest BCUT2D eigenvalue weighted by Gasteiger charge is -2.10. The summed E-state index contributed by atoms with van der Waals surface area (Å²) < 4.78 is 40.5. The zero-order chi connectivity index (χ0) is 21.5. The summed E-state index contributed by atoms with van der Waals surface area (Å²) in [7, 11) is 0. The van der Waals surface area contributed by atoms with E-state index in [1.54, 1.807) is 19.1 Å². The molecule has 160 valence electrons. The van der Waals surface area contributed by atoms with E-state index in [4.69, 9.17) is 9.47 Å². The molecule has 0 unspecified atom stereocenters. The van der Waals surface area contributed by atoms with E-state index in [0.717, 1.165) is 11.9 Å². The van der Waals surface area contributed by atoms with Gasteiger partial charge in [0.05, 0.1) is 23.2 Å². The molecule has 0 radical (unpaired) electrons. The fourth-order valence-corrected chi connectivity index (χ4v) is 4.11. The molecule has 3 aromatic rings. The average Bonchev–Trinajstić information content (AvgIpc) is 3.07. The van der Waals surface area contributed by atoms with E-state index in [0.29, 0.717) is 36.0 Å². The minimum atomic E-state index is -0.578. The SMILES string of the molecule is CCOCCCn1c(SCc2c(F)cccc2F)nc2cc(C(=O)OCC)ccc21. The van der Waals surface area contributed by atoms with Gasteiger partial charge in [0.15, 0.2) is 5.16 Å². The molecule has 5 nitrogen and oxygen atoms in total. The smallest absolute Gasteiger partial charge is 0.338 e. The molecule has 0 amide bonds. The van der Waals surface area contributed by atoms with Crippen molar-refractivity contribution in [3.8, 4) is 0 Å². The lowest BCUT2D eigenvalue weighted by Crippen LogP contribution is -2.05. The van der Waals surface area contributed by atoms with Gasteiger partial charge in [0, 0.05) is 31.1 Å². The first-order chi connectivity index (χ1) is 14.5. The molecule has 1 heterocycles. The summed E-state index contributed by atoms with van der Waals surface area (Å²) in [6, 6.07) is 9.04. The molecule has 1 aromatic heterocycles. The molecule has 0 spiro atoms. The fraction of sp³-hybridized carbons (Fsp3) is 0.364. The van der Waals surface area contributed by atoms with Crippen molar-refractivity contribution >= 4 is 28.8 Å². The number of imidazole rings is 1. The number of hydrogen-bond acceptors (Lipinski definition) is 5. The normalized spacial score (nSPS) is 11.2. The molecular formula is C22H24F2N2O3S. The van der Waals surface area contributed by atoms with E-state index in [1.807, 2.05) is 17.6 Å². The second kappa shape index (κ2) is 10.5. The van der Waals surface area contributed by atoms with Crippen LogP contribution in [-0.2, 0) is 21.8 Å². The Kier molecular flexibility index (Phi) is 7.81. The number of carbonyl (C=O) groups is 1.